The van der Waals surface area contributed by atoms with E-state index in [1.165, 1.54) is 41.3 Å². The first-order valence-electron chi connectivity index (χ1n) is 8.56. The molecule has 6 nitrogen and oxygen atoms in total. The number of thioether (sulfide) groups is 1. The highest BCUT2D eigenvalue weighted by atomic mass is 32.2. The molecule has 0 saturated heterocycles. The van der Waals surface area contributed by atoms with E-state index < -0.39 is 0 Å². The number of hydrogen-bond acceptors (Lipinski definition) is 8. The van der Waals surface area contributed by atoms with E-state index in [-0.39, 0.29) is 11.5 Å². The summed E-state index contributed by atoms with van der Waals surface area (Å²) in [5.41, 5.74) is 3.91. The van der Waals surface area contributed by atoms with Crippen molar-refractivity contribution in [1.82, 2.24) is 10.2 Å². The number of Topliss-reactive ketones (excluding diaryl/α,β-unsaturated/α-hetero) is 1. The second-order valence-electron chi connectivity index (χ2n) is 6.02. The van der Waals surface area contributed by atoms with Crippen LogP contribution in [0, 0.1) is 13.8 Å². The van der Waals surface area contributed by atoms with E-state index in [9.17, 15) is 4.79 Å². The first kappa shape index (κ1) is 20.2. The molecular weight excluding hydrogens is 394 g/mol. The minimum atomic E-state index is -0.0382. The number of aryl methyl sites for hydroxylation is 1. The van der Waals surface area contributed by atoms with Crippen LogP contribution in [-0.2, 0) is 0 Å². The van der Waals surface area contributed by atoms with Gasteiger partial charge in [-0.25, -0.2) is 0 Å². The van der Waals surface area contributed by atoms with Gasteiger partial charge < -0.3 is 14.8 Å². The number of benzene rings is 2. The first-order valence-corrected chi connectivity index (χ1v) is 10.4. The average Bonchev–Trinajstić information content (AvgIpc) is 3.16. The lowest BCUT2D eigenvalue weighted by Crippen LogP contribution is -2.05. The van der Waals surface area contributed by atoms with Gasteiger partial charge in [0.05, 0.1) is 25.5 Å². The summed E-state index contributed by atoms with van der Waals surface area (Å²) in [5.74, 6) is 1.36. The molecule has 0 aliphatic rings. The predicted molar refractivity (Wildman–Crippen MR) is 114 cm³/mol. The van der Waals surface area contributed by atoms with E-state index in [4.69, 9.17) is 9.47 Å². The Morgan fingerprint density at radius 3 is 2.71 bits per heavy atom. The fourth-order valence-electron chi connectivity index (χ4n) is 2.55. The van der Waals surface area contributed by atoms with E-state index in [0.29, 0.717) is 22.2 Å². The number of nitrogens with one attached hydrogen (secondary N) is 1. The number of nitrogens with zero attached hydrogens (tertiary/aromatic N) is 2. The summed E-state index contributed by atoms with van der Waals surface area (Å²) in [4.78, 5) is 12.6. The lowest BCUT2D eigenvalue weighted by atomic mass is 10.1. The molecule has 8 heteroatoms. The smallest absolute Gasteiger partial charge is 0.210 e. The molecule has 0 radical (unpaired) electrons. The molecule has 0 aliphatic heterocycles. The molecule has 0 fully saturated rings. The molecule has 0 atom stereocenters. The first-order chi connectivity index (χ1) is 13.5. The van der Waals surface area contributed by atoms with Gasteiger partial charge in [-0.15, -0.1) is 10.2 Å². The van der Waals surface area contributed by atoms with Crippen LogP contribution in [0.1, 0.15) is 21.5 Å². The SMILES string of the molecule is COc1ccc(C(=O)CSc2nnc(Nc3cccc(C)c3C)s2)c(OC)c1. The van der Waals surface area contributed by atoms with Crippen molar-refractivity contribution in [1.29, 1.82) is 0 Å². The zero-order valence-electron chi connectivity index (χ0n) is 16.1. The van der Waals surface area contributed by atoms with Crippen molar-refractivity contribution < 1.29 is 14.3 Å². The Labute approximate surface area is 172 Å². The minimum Gasteiger partial charge on any atom is -0.497 e. The highest BCUT2D eigenvalue weighted by Gasteiger charge is 2.15. The Bertz CT molecular complexity index is 989. The van der Waals surface area contributed by atoms with Gasteiger partial charge in [-0.05, 0) is 43.2 Å². The summed E-state index contributed by atoms with van der Waals surface area (Å²) in [6.45, 7) is 4.14. The van der Waals surface area contributed by atoms with Gasteiger partial charge in [-0.3, -0.25) is 4.79 Å². The van der Waals surface area contributed by atoms with E-state index in [1.54, 1.807) is 25.3 Å². The van der Waals surface area contributed by atoms with Crippen molar-refractivity contribution in [3.63, 3.8) is 0 Å². The van der Waals surface area contributed by atoms with E-state index in [0.717, 1.165) is 10.0 Å². The van der Waals surface area contributed by atoms with E-state index >= 15 is 0 Å². The number of aromatic nitrogens is 2. The second kappa shape index (κ2) is 9.07. The number of rotatable bonds is 8. The van der Waals surface area contributed by atoms with Crippen LogP contribution in [0.3, 0.4) is 0 Å². The predicted octanol–water partition coefficient (Wildman–Crippen LogP) is 4.89. The van der Waals surface area contributed by atoms with Gasteiger partial charge >= 0.3 is 0 Å². The standard InChI is InChI=1S/C20H21N3O3S2/c1-12-6-5-7-16(13(12)2)21-19-22-23-20(28-19)27-11-17(24)15-9-8-14(25-3)10-18(15)26-4/h5-10H,11H2,1-4H3,(H,21,22). The minimum absolute atomic E-state index is 0.0382. The van der Waals surface area contributed by atoms with Crippen molar-refractivity contribution in [3.8, 4) is 11.5 Å². The van der Waals surface area contributed by atoms with Crippen molar-refractivity contribution in [2.45, 2.75) is 18.2 Å². The molecule has 0 unspecified atom stereocenters. The third kappa shape index (κ3) is 4.63. The Hall–Kier alpha value is -2.58. The zero-order valence-corrected chi connectivity index (χ0v) is 17.7. The maximum atomic E-state index is 12.6. The molecular formula is C20H21N3O3S2. The third-order valence-corrected chi connectivity index (χ3v) is 6.26. The zero-order chi connectivity index (χ0) is 20.1. The molecule has 0 aliphatic carbocycles. The Balaban J connectivity index is 1.64. The van der Waals surface area contributed by atoms with E-state index in [2.05, 4.69) is 35.4 Å². The Kier molecular flexibility index (Phi) is 6.53. The fraction of sp³-hybridized carbons (Fsp3) is 0.250. The Morgan fingerprint density at radius 2 is 1.96 bits per heavy atom. The Morgan fingerprint density at radius 1 is 1.14 bits per heavy atom. The molecule has 1 N–H and O–H groups in total. The number of carbonyl (C=O) groups excluding carboxylic acids is 1. The number of hydrogen-bond donors (Lipinski definition) is 1. The molecule has 1 heterocycles. The fourth-order valence-corrected chi connectivity index (χ4v) is 4.20. The van der Waals surface area contributed by atoms with Gasteiger partial charge in [0.25, 0.3) is 0 Å². The molecule has 28 heavy (non-hydrogen) atoms. The average molecular weight is 416 g/mol. The van der Waals surface area contributed by atoms with Crippen LogP contribution >= 0.6 is 23.1 Å². The summed E-state index contributed by atoms with van der Waals surface area (Å²) in [7, 11) is 3.11. The van der Waals surface area contributed by atoms with Gasteiger partial charge in [-0.1, -0.05) is 35.2 Å². The van der Waals surface area contributed by atoms with Gasteiger partial charge in [-0.2, -0.15) is 0 Å². The summed E-state index contributed by atoms with van der Waals surface area (Å²) in [6.07, 6.45) is 0. The van der Waals surface area contributed by atoms with Gasteiger partial charge in [0.1, 0.15) is 11.5 Å². The van der Waals surface area contributed by atoms with Crippen molar-refractivity contribution in [2.24, 2.45) is 0 Å². The summed E-state index contributed by atoms with van der Waals surface area (Å²) < 4.78 is 11.2. The molecule has 1 aromatic heterocycles. The molecule has 146 valence electrons. The van der Waals surface area contributed by atoms with Crippen LogP contribution in [0.4, 0.5) is 10.8 Å². The van der Waals surface area contributed by atoms with Crippen molar-refractivity contribution >= 4 is 39.7 Å². The number of methoxy groups -OCH3 is 2. The molecule has 0 bridgehead atoms. The number of carbonyl (C=O) groups is 1. The van der Waals surface area contributed by atoms with Gasteiger partial charge in [0, 0.05) is 11.8 Å². The quantitative estimate of drug-likeness (QED) is 0.415. The number of anilines is 2. The topological polar surface area (TPSA) is 73.3 Å². The number of ketones is 1. The lowest BCUT2D eigenvalue weighted by Gasteiger charge is -2.09. The molecule has 0 amide bonds. The molecule has 0 spiro atoms. The molecule has 3 rings (SSSR count). The van der Waals surface area contributed by atoms with Crippen LogP contribution in [0.2, 0.25) is 0 Å². The molecule has 2 aromatic carbocycles. The number of ether oxygens (including phenoxy) is 2. The van der Waals surface area contributed by atoms with Crippen molar-refractivity contribution in [2.75, 3.05) is 25.3 Å². The lowest BCUT2D eigenvalue weighted by molar-refractivity contribution is 0.101. The normalized spacial score (nSPS) is 10.6. The monoisotopic (exact) mass is 415 g/mol. The highest BCUT2D eigenvalue weighted by molar-refractivity contribution is 8.01. The second-order valence-corrected chi connectivity index (χ2v) is 8.22. The van der Waals surface area contributed by atoms with E-state index in [1.807, 2.05) is 12.1 Å². The van der Waals surface area contributed by atoms with Gasteiger partial charge in [0.2, 0.25) is 5.13 Å². The van der Waals surface area contributed by atoms with Gasteiger partial charge in [0.15, 0.2) is 10.1 Å². The van der Waals surface area contributed by atoms with Crippen LogP contribution < -0.4 is 14.8 Å². The van der Waals surface area contributed by atoms with Crippen molar-refractivity contribution in [3.05, 3.63) is 53.1 Å². The largest absolute Gasteiger partial charge is 0.497 e. The summed E-state index contributed by atoms with van der Waals surface area (Å²) in [6, 6.07) is 11.3. The molecule has 0 saturated carbocycles. The van der Waals surface area contributed by atoms with Crippen LogP contribution in [0.25, 0.3) is 0 Å². The maximum absolute atomic E-state index is 12.6. The van der Waals surface area contributed by atoms with Crippen LogP contribution in [-0.4, -0.2) is 36.0 Å². The summed E-state index contributed by atoms with van der Waals surface area (Å²) in [5, 5.41) is 12.3. The summed E-state index contributed by atoms with van der Waals surface area (Å²) >= 11 is 2.78. The third-order valence-electron chi connectivity index (χ3n) is 4.29. The maximum Gasteiger partial charge on any atom is 0.210 e. The highest BCUT2D eigenvalue weighted by Crippen LogP contribution is 2.31. The molecule has 3 aromatic rings. The van der Waals surface area contributed by atoms with Crippen LogP contribution in [0.5, 0.6) is 11.5 Å². The van der Waals surface area contributed by atoms with Crippen LogP contribution in [0.15, 0.2) is 40.7 Å².